The summed E-state index contributed by atoms with van der Waals surface area (Å²) in [5.74, 6) is -0.379. The fourth-order valence-corrected chi connectivity index (χ4v) is 1.70. The van der Waals surface area contributed by atoms with E-state index in [1.165, 1.54) is 0 Å². The van der Waals surface area contributed by atoms with E-state index in [0.29, 0.717) is 18.2 Å². The normalized spacial score (nSPS) is 12.0. The predicted octanol–water partition coefficient (Wildman–Crippen LogP) is 3.26. The Morgan fingerprint density at radius 3 is 2.82 bits per heavy atom. The van der Waals surface area contributed by atoms with Crippen molar-refractivity contribution in [3.63, 3.8) is 0 Å². The van der Waals surface area contributed by atoms with Crippen molar-refractivity contribution >= 4 is 23.3 Å². The molecule has 1 rings (SSSR count). The molecule has 0 aliphatic heterocycles. The second-order valence-electron chi connectivity index (χ2n) is 4.02. The number of hydrogen-bond acceptors (Lipinski definition) is 3. The van der Waals surface area contributed by atoms with Crippen LogP contribution in [-0.4, -0.2) is 19.1 Å². The Labute approximate surface area is 107 Å². The highest BCUT2D eigenvalue weighted by Gasteiger charge is 2.13. The van der Waals surface area contributed by atoms with Gasteiger partial charge in [-0.05, 0) is 31.5 Å². The molecule has 1 atom stereocenters. The molecular weight excluding hydrogens is 238 g/mol. The van der Waals surface area contributed by atoms with Crippen LogP contribution < -0.4 is 5.32 Å². The summed E-state index contributed by atoms with van der Waals surface area (Å²) < 4.78 is 4.93. The summed E-state index contributed by atoms with van der Waals surface area (Å²) in [5, 5.41) is 3.81. The Bertz CT molecular complexity index is 393. The number of ether oxygens (including phenoxy) is 1. The molecule has 1 aromatic carbocycles. The molecule has 0 fully saturated rings. The highest BCUT2D eigenvalue weighted by atomic mass is 35.5. The summed E-state index contributed by atoms with van der Waals surface area (Å²) in [6.45, 7) is 6.54. The summed E-state index contributed by atoms with van der Waals surface area (Å²) >= 11 is 6.08. The summed E-state index contributed by atoms with van der Waals surface area (Å²) in [7, 11) is 0. The Morgan fingerprint density at radius 2 is 2.24 bits per heavy atom. The minimum Gasteiger partial charge on any atom is -0.466 e. The smallest absolute Gasteiger partial charge is 0.310 e. The average molecular weight is 256 g/mol. The SMILES string of the molecule is CCOC(=O)C(C)CNc1ccc(C)cc1Cl. The Balaban J connectivity index is 2.52. The van der Waals surface area contributed by atoms with Gasteiger partial charge in [0.1, 0.15) is 0 Å². The van der Waals surface area contributed by atoms with E-state index in [-0.39, 0.29) is 11.9 Å². The molecular formula is C13H18ClNO2. The van der Waals surface area contributed by atoms with E-state index in [1.807, 2.05) is 32.0 Å². The number of carbonyl (C=O) groups is 1. The number of carbonyl (C=O) groups excluding carboxylic acids is 1. The third-order valence-corrected chi connectivity index (χ3v) is 2.72. The van der Waals surface area contributed by atoms with E-state index in [2.05, 4.69) is 5.32 Å². The van der Waals surface area contributed by atoms with Gasteiger partial charge in [0.2, 0.25) is 0 Å². The van der Waals surface area contributed by atoms with Gasteiger partial charge >= 0.3 is 5.97 Å². The molecule has 17 heavy (non-hydrogen) atoms. The van der Waals surface area contributed by atoms with E-state index in [1.54, 1.807) is 6.92 Å². The van der Waals surface area contributed by atoms with Gasteiger partial charge in [-0.15, -0.1) is 0 Å². The van der Waals surface area contributed by atoms with E-state index in [0.717, 1.165) is 11.3 Å². The van der Waals surface area contributed by atoms with Gasteiger partial charge in [-0.25, -0.2) is 0 Å². The number of aryl methyl sites for hydroxylation is 1. The summed E-state index contributed by atoms with van der Waals surface area (Å²) in [5.41, 5.74) is 1.95. The third-order valence-electron chi connectivity index (χ3n) is 2.41. The van der Waals surface area contributed by atoms with Crippen molar-refractivity contribution in [1.29, 1.82) is 0 Å². The van der Waals surface area contributed by atoms with Crippen LogP contribution in [0.4, 0.5) is 5.69 Å². The lowest BCUT2D eigenvalue weighted by Gasteiger charge is -2.13. The zero-order valence-corrected chi connectivity index (χ0v) is 11.2. The second kappa shape index (κ2) is 6.50. The molecule has 0 amide bonds. The Morgan fingerprint density at radius 1 is 1.53 bits per heavy atom. The number of benzene rings is 1. The molecule has 0 saturated heterocycles. The Hall–Kier alpha value is -1.22. The van der Waals surface area contributed by atoms with E-state index in [4.69, 9.17) is 16.3 Å². The topological polar surface area (TPSA) is 38.3 Å². The summed E-state index contributed by atoms with van der Waals surface area (Å²) in [6, 6.07) is 5.78. The number of nitrogens with one attached hydrogen (secondary N) is 1. The number of rotatable bonds is 5. The van der Waals surface area contributed by atoms with Gasteiger partial charge in [0.05, 0.1) is 23.2 Å². The second-order valence-corrected chi connectivity index (χ2v) is 4.42. The van der Waals surface area contributed by atoms with Crippen molar-refractivity contribution in [3.05, 3.63) is 28.8 Å². The molecule has 0 aliphatic rings. The number of esters is 1. The van der Waals surface area contributed by atoms with Gasteiger partial charge < -0.3 is 10.1 Å². The van der Waals surface area contributed by atoms with Gasteiger partial charge in [-0.1, -0.05) is 24.6 Å². The van der Waals surface area contributed by atoms with Gasteiger partial charge in [-0.3, -0.25) is 4.79 Å². The quantitative estimate of drug-likeness (QED) is 0.821. The number of halogens is 1. The summed E-state index contributed by atoms with van der Waals surface area (Å²) in [6.07, 6.45) is 0. The van der Waals surface area contributed by atoms with Crippen molar-refractivity contribution in [2.24, 2.45) is 5.92 Å². The first-order valence-corrected chi connectivity index (χ1v) is 6.09. The van der Waals surface area contributed by atoms with E-state index >= 15 is 0 Å². The van der Waals surface area contributed by atoms with Crippen LogP contribution in [0.1, 0.15) is 19.4 Å². The molecule has 1 aromatic rings. The van der Waals surface area contributed by atoms with Gasteiger partial charge in [-0.2, -0.15) is 0 Å². The predicted molar refractivity (Wildman–Crippen MR) is 70.5 cm³/mol. The van der Waals surface area contributed by atoms with Crippen molar-refractivity contribution in [2.75, 3.05) is 18.5 Å². The minimum atomic E-state index is -0.191. The Kier molecular flexibility index (Phi) is 5.29. The first-order valence-electron chi connectivity index (χ1n) is 5.71. The van der Waals surface area contributed by atoms with Crippen LogP contribution in [-0.2, 0) is 9.53 Å². The zero-order valence-electron chi connectivity index (χ0n) is 10.4. The van der Waals surface area contributed by atoms with Crippen molar-refractivity contribution in [2.45, 2.75) is 20.8 Å². The average Bonchev–Trinajstić information content (AvgIpc) is 2.27. The molecule has 0 spiro atoms. The maximum absolute atomic E-state index is 11.4. The largest absolute Gasteiger partial charge is 0.466 e. The van der Waals surface area contributed by atoms with E-state index in [9.17, 15) is 4.79 Å². The molecule has 1 N–H and O–H groups in total. The standard InChI is InChI=1S/C13H18ClNO2/c1-4-17-13(16)10(3)8-15-12-6-5-9(2)7-11(12)14/h5-7,10,15H,4,8H2,1-3H3. The molecule has 0 radical (unpaired) electrons. The van der Waals surface area contributed by atoms with Crippen LogP contribution in [0.25, 0.3) is 0 Å². The van der Waals surface area contributed by atoms with Crippen molar-refractivity contribution < 1.29 is 9.53 Å². The first kappa shape index (κ1) is 13.8. The molecule has 0 aliphatic carbocycles. The van der Waals surface area contributed by atoms with Crippen LogP contribution in [0, 0.1) is 12.8 Å². The maximum Gasteiger partial charge on any atom is 0.310 e. The third kappa shape index (κ3) is 4.27. The summed E-state index contributed by atoms with van der Waals surface area (Å²) in [4.78, 5) is 11.4. The molecule has 94 valence electrons. The van der Waals surface area contributed by atoms with Gasteiger partial charge in [0.25, 0.3) is 0 Å². The van der Waals surface area contributed by atoms with Crippen molar-refractivity contribution in [1.82, 2.24) is 0 Å². The van der Waals surface area contributed by atoms with E-state index < -0.39 is 0 Å². The monoisotopic (exact) mass is 255 g/mol. The first-order chi connectivity index (χ1) is 8.04. The van der Waals surface area contributed by atoms with Crippen LogP contribution in [0.3, 0.4) is 0 Å². The van der Waals surface area contributed by atoms with Crippen LogP contribution in [0.5, 0.6) is 0 Å². The zero-order chi connectivity index (χ0) is 12.8. The van der Waals surface area contributed by atoms with Crippen LogP contribution >= 0.6 is 11.6 Å². The highest BCUT2D eigenvalue weighted by Crippen LogP contribution is 2.22. The fourth-order valence-electron chi connectivity index (χ4n) is 1.39. The number of anilines is 1. The molecule has 3 nitrogen and oxygen atoms in total. The minimum absolute atomic E-state index is 0.188. The fraction of sp³-hybridized carbons (Fsp3) is 0.462. The van der Waals surface area contributed by atoms with Gasteiger partial charge in [0.15, 0.2) is 0 Å². The van der Waals surface area contributed by atoms with Crippen LogP contribution in [0.2, 0.25) is 5.02 Å². The molecule has 0 bridgehead atoms. The lowest BCUT2D eigenvalue weighted by Crippen LogP contribution is -2.22. The molecule has 0 heterocycles. The lowest BCUT2D eigenvalue weighted by atomic mass is 10.1. The molecule has 1 unspecified atom stereocenters. The van der Waals surface area contributed by atoms with Gasteiger partial charge in [0, 0.05) is 6.54 Å². The molecule has 4 heteroatoms. The van der Waals surface area contributed by atoms with Crippen LogP contribution in [0.15, 0.2) is 18.2 Å². The molecule has 0 aromatic heterocycles. The number of hydrogen-bond donors (Lipinski definition) is 1. The maximum atomic E-state index is 11.4. The lowest BCUT2D eigenvalue weighted by molar-refractivity contribution is -0.146. The molecule has 0 saturated carbocycles. The highest BCUT2D eigenvalue weighted by molar-refractivity contribution is 6.33. The van der Waals surface area contributed by atoms with Crippen molar-refractivity contribution in [3.8, 4) is 0 Å².